The van der Waals surface area contributed by atoms with Crippen molar-refractivity contribution in [1.82, 2.24) is 14.5 Å². The van der Waals surface area contributed by atoms with Gasteiger partial charge in [0.1, 0.15) is 4.88 Å². The molecule has 2 rings (SSSR count). The van der Waals surface area contributed by atoms with E-state index in [1.807, 2.05) is 18.7 Å². The Morgan fingerprint density at radius 2 is 2.22 bits per heavy atom. The lowest BCUT2D eigenvalue weighted by Crippen LogP contribution is -2.41. The van der Waals surface area contributed by atoms with E-state index >= 15 is 0 Å². The number of likely N-dealkylation sites (tertiary alicyclic amines) is 1. The number of aryl methyl sites for hydroxylation is 1. The minimum atomic E-state index is -0.281. The van der Waals surface area contributed by atoms with Crippen LogP contribution in [0.3, 0.4) is 0 Å². The Bertz CT molecular complexity index is 483. The van der Waals surface area contributed by atoms with Crippen LogP contribution < -0.4 is 0 Å². The average molecular weight is 264 g/mol. The van der Waals surface area contributed by atoms with Crippen LogP contribution in [0.4, 0.5) is 0 Å². The topological polar surface area (TPSA) is 69.9 Å². The van der Waals surface area contributed by atoms with E-state index < -0.39 is 0 Å². The summed E-state index contributed by atoms with van der Waals surface area (Å²) in [5.74, 6) is 0.0156. The third-order valence-electron chi connectivity index (χ3n) is 3.51. The van der Waals surface area contributed by atoms with Gasteiger partial charge >= 0.3 is 0 Å². The molecule has 0 atom stereocenters. The zero-order valence-electron chi connectivity index (χ0n) is 10.6. The van der Waals surface area contributed by atoms with Crippen molar-refractivity contribution in [3.05, 3.63) is 10.6 Å². The van der Waals surface area contributed by atoms with Gasteiger partial charge in [-0.2, -0.15) is 5.26 Å². The Balaban J connectivity index is 2.07. The number of amides is 1. The molecule has 0 aliphatic carbocycles. The molecule has 1 aliphatic rings. The van der Waals surface area contributed by atoms with E-state index in [2.05, 4.69) is 15.7 Å². The standard InChI is InChI=1S/C12H16N4OS/c1-3-9-10(18-15-14-9)11(17)16-6-4-12(2,8-13)5-7-16/h3-7H2,1-2H3. The molecule has 0 bridgehead atoms. The number of nitriles is 1. The maximum atomic E-state index is 12.3. The second-order valence-electron chi connectivity index (χ2n) is 4.87. The molecule has 2 heterocycles. The lowest BCUT2D eigenvalue weighted by Gasteiger charge is -2.34. The zero-order chi connectivity index (χ0) is 13.2. The van der Waals surface area contributed by atoms with Gasteiger partial charge in [0.2, 0.25) is 0 Å². The monoisotopic (exact) mass is 264 g/mol. The first-order chi connectivity index (χ1) is 8.59. The molecule has 0 radical (unpaired) electrons. The smallest absolute Gasteiger partial charge is 0.267 e. The number of carbonyl (C=O) groups is 1. The fourth-order valence-electron chi connectivity index (χ4n) is 2.06. The second kappa shape index (κ2) is 5.02. The van der Waals surface area contributed by atoms with Crippen molar-refractivity contribution in [2.45, 2.75) is 33.1 Å². The van der Waals surface area contributed by atoms with Crippen LogP contribution in [-0.4, -0.2) is 33.5 Å². The summed E-state index contributed by atoms with van der Waals surface area (Å²) in [6.07, 6.45) is 2.20. The van der Waals surface area contributed by atoms with Crippen molar-refractivity contribution in [2.24, 2.45) is 5.41 Å². The fourth-order valence-corrected chi connectivity index (χ4v) is 2.78. The van der Waals surface area contributed by atoms with Gasteiger partial charge in [0.05, 0.1) is 17.2 Å². The first kappa shape index (κ1) is 13.0. The Kier molecular flexibility index (Phi) is 3.62. The first-order valence-electron chi connectivity index (χ1n) is 6.11. The molecule has 0 spiro atoms. The molecular weight excluding hydrogens is 248 g/mol. The number of nitrogens with zero attached hydrogens (tertiary/aromatic N) is 4. The molecule has 0 aromatic carbocycles. The Morgan fingerprint density at radius 3 is 2.78 bits per heavy atom. The van der Waals surface area contributed by atoms with Crippen molar-refractivity contribution < 1.29 is 4.79 Å². The number of hydrogen-bond donors (Lipinski definition) is 0. The molecule has 5 nitrogen and oxygen atoms in total. The summed E-state index contributed by atoms with van der Waals surface area (Å²) in [5, 5.41) is 13.0. The van der Waals surface area contributed by atoms with Gasteiger partial charge in [0.25, 0.3) is 5.91 Å². The van der Waals surface area contributed by atoms with Gasteiger partial charge in [0, 0.05) is 13.1 Å². The van der Waals surface area contributed by atoms with Gasteiger partial charge in [-0.3, -0.25) is 4.79 Å². The molecule has 6 heteroatoms. The minimum absolute atomic E-state index is 0.0156. The molecule has 0 N–H and O–H groups in total. The van der Waals surface area contributed by atoms with Crippen molar-refractivity contribution in [2.75, 3.05) is 13.1 Å². The summed E-state index contributed by atoms with van der Waals surface area (Å²) >= 11 is 1.16. The van der Waals surface area contributed by atoms with E-state index in [-0.39, 0.29) is 11.3 Å². The van der Waals surface area contributed by atoms with Crippen LogP contribution in [0.2, 0.25) is 0 Å². The summed E-state index contributed by atoms with van der Waals surface area (Å²) in [4.78, 5) is 14.8. The van der Waals surface area contributed by atoms with E-state index in [9.17, 15) is 4.79 Å². The molecule has 1 saturated heterocycles. The number of rotatable bonds is 2. The Hall–Kier alpha value is -1.48. The van der Waals surface area contributed by atoms with Crippen LogP contribution in [0.1, 0.15) is 42.1 Å². The van der Waals surface area contributed by atoms with Crippen molar-refractivity contribution >= 4 is 17.4 Å². The Morgan fingerprint density at radius 1 is 1.56 bits per heavy atom. The second-order valence-corrected chi connectivity index (χ2v) is 5.62. The third kappa shape index (κ3) is 2.36. The van der Waals surface area contributed by atoms with Crippen molar-refractivity contribution in [3.8, 4) is 6.07 Å². The third-order valence-corrected chi connectivity index (χ3v) is 4.27. The number of carbonyl (C=O) groups excluding carboxylic acids is 1. The quantitative estimate of drug-likeness (QED) is 0.817. The first-order valence-corrected chi connectivity index (χ1v) is 6.89. The van der Waals surface area contributed by atoms with Gasteiger partial charge in [-0.15, -0.1) is 5.10 Å². The lowest BCUT2D eigenvalue weighted by atomic mass is 9.82. The van der Waals surface area contributed by atoms with Crippen molar-refractivity contribution in [1.29, 1.82) is 5.26 Å². The highest BCUT2D eigenvalue weighted by atomic mass is 32.1. The predicted octanol–water partition coefficient (Wildman–Crippen LogP) is 1.87. The van der Waals surface area contributed by atoms with Gasteiger partial charge in [-0.1, -0.05) is 11.4 Å². The normalized spacial score (nSPS) is 18.4. The molecule has 0 saturated carbocycles. The van der Waals surface area contributed by atoms with Crippen LogP contribution in [0.5, 0.6) is 0 Å². The van der Waals surface area contributed by atoms with E-state index in [0.29, 0.717) is 18.0 Å². The van der Waals surface area contributed by atoms with E-state index in [4.69, 9.17) is 5.26 Å². The van der Waals surface area contributed by atoms with Crippen LogP contribution in [0.15, 0.2) is 0 Å². The molecule has 0 unspecified atom stereocenters. The highest BCUT2D eigenvalue weighted by Crippen LogP contribution is 2.30. The van der Waals surface area contributed by atoms with Gasteiger partial charge in [0.15, 0.2) is 0 Å². The van der Waals surface area contributed by atoms with Crippen LogP contribution >= 0.6 is 11.5 Å². The van der Waals surface area contributed by atoms with Gasteiger partial charge < -0.3 is 4.90 Å². The average Bonchev–Trinajstić information content (AvgIpc) is 2.87. The largest absolute Gasteiger partial charge is 0.338 e. The molecule has 1 amide bonds. The van der Waals surface area contributed by atoms with Crippen LogP contribution in [0.25, 0.3) is 0 Å². The number of piperidine rings is 1. The molecule has 1 aromatic rings. The molecule has 1 fully saturated rings. The molecule has 18 heavy (non-hydrogen) atoms. The zero-order valence-corrected chi connectivity index (χ0v) is 11.5. The predicted molar refractivity (Wildman–Crippen MR) is 68.1 cm³/mol. The molecule has 96 valence electrons. The Labute approximate surface area is 111 Å². The number of aromatic nitrogens is 2. The summed E-state index contributed by atoms with van der Waals surface area (Å²) in [6.45, 7) is 5.21. The SMILES string of the molecule is CCc1nnsc1C(=O)N1CCC(C)(C#N)CC1. The van der Waals surface area contributed by atoms with E-state index in [1.165, 1.54) is 0 Å². The highest BCUT2D eigenvalue weighted by molar-refractivity contribution is 7.08. The maximum absolute atomic E-state index is 12.3. The maximum Gasteiger partial charge on any atom is 0.267 e. The summed E-state index contributed by atoms with van der Waals surface area (Å²) in [5.41, 5.74) is 0.495. The van der Waals surface area contributed by atoms with Crippen molar-refractivity contribution in [3.63, 3.8) is 0 Å². The molecule has 1 aliphatic heterocycles. The summed E-state index contributed by atoms with van der Waals surface area (Å²) < 4.78 is 3.85. The van der Waals surface area contributed by atoms with Gasteiger partial charge in [-0.25, -0.2) is 0 Å². The highest BCUT2D eigenvalue weighted by Gasteiger charge is 2.33. The van der Waals surface area contributed by atoms with E-state index in [0.717, 1.165) is 36.5 Å². The summed E-state index contributed by atoms with van der Waals surface area (Å²) in [6, 6.07) is 2.34. The molecule has 1 aromatic heterocycles. The van der Waals surface area contributed by atoms with E-state index in [1.54, 1.807) is 0 Å². The molecular formula is C12H16N4OS. The minimum Gasteiger partial charge on any atom is -0.338 e. The number of hydrogen-bond acceptors (Lipinski definition) is 5. The van der Waals surface area contributed by atoms with Crippen LogP contribution in [-0.2, 0) is 6.42 Å². The summed E-state index contributed by atoms with van der Waals surface area (Å²) in [7, 11) is 0. The van der Waals surface area contributed by atoms with Crippen LogP contribution in [0, 0.1) is 16.7 Å². The fraction of sp³-hybridized carbons (Fsp3) is 0.667. The lowest BCUT2D eigenvalue weighted by molar-refractivity contribution is 0.0665. The van der Waals surface area contributed by atoms with Gasteiger partial charge in [-0.05, 0) is 37.7 Å².